The van der Waals surface area contributed by atoms with E-state index >= 15 is 0 Å². The Morgan fingerprint density at radius 2 is 1.76 bits per heavy atom. The summed E-state index contributed by atoms with van der Waals surface area (Å²) >= 11 is 0. The molecule has 0 radical (unpaired) electrons. The number of hydrogen-bond donors (Lipinski definition) is 2. The van der Waals surface area contributed by atoms with Crippen LogP contribution in [0.4, 0.5) is 5.69 Å². The van der Waals surface area contributed by atoms with Crippen LogP contribution in [-0.4, -0.2) is 23.8 Å². The largest absolute Gasteiger partial charge is 0.287 e. The number of carbonyl (C=O) groups excluding carboxylic acids is 3. The maximum absolute atomic E-state index is 12.6. The fraction of sp³-hybridized carbons (Fsp3) is 0.211. The lowest BCUT2D eigenvalue weighted by Gasteiger charge is -2.18. The third kappa shape index (κ3) is 3.44. The van der Waals surface area contributed by atoms with Crippen molar-refractivity contribution in [3.8, 4) is 0 Å². The summed E-state index contributed by atoms with van der Waals surface area (Å²) in [5.74, 6) is -0.995. The minimum atomic E-state index is -0.773. The van der Waals surface area contributed by atoms with Gasteiger partial charge in [-0.1, -0.05) is 43.3 Å². The van der Waals surface area contributed by atoms with Gasteiger partial charge in [0.05, 0.1) is 12.1 Å². The number of anilines is 1. The Balaban J connectivity index is 1.70. The van der Waals surface area contributed by atoms with Gasteiger partial charge >= 0.3 is 0 Å². The third-order valence-electron chi connectivity index (χ3n) is 4.16. The van der Waals surface area contributed by atoms with E-state index < -0.39 is 6.04 Å². The van der Waals surface area contributed by atoms with Gasteiger partial charge < -0.3 is 0 Å². The Bertz CT molecular complexity index is 805. The highest BCUT2D eigenvalue weighted by Gasteiger charge is 2.40. The normalized spacial score (nSPS) is 17.0. The summed E-state index contributed by atoms with van der Waals surface area (Å²) in [4.78, 5) is 38.2. The van der Waals surface area contributed by atoms with Crippen molar-refractivity contribution in [1.29, 1.82) is 0 Å². The molecular formula is C19H19N3O3. The smallest absolute Gasteiger partial charge is 0.265 e. The molecule has 3 rings (SSSR count). The number of carbonyl (C=O) groups is 3. The first-order valence-corrected chi connectivity index (χ1v) is 8.17. The van der Waals surface area contributed by atoms with E-state index in [1.165, 1.54) is 4.90 Å². The number of imide groups is 1. The van der Waals surface area contributed by atoms with Crippen LogP contribution in [0.3, 0.4) is 0 Å². The van der Waals surface area contributed by atoms with Gasteiger partial charge in [-0.25, -0.2) is 10.3 Å². The SMILES string of the molecule is CCc1ccccc1N1C(=O)C[C@H](NNC(=O)c2ccccc2)C1=O. The lowest BCUT2D eigenvalue weighted by atomic mass is 10.1. The van der Waals surface area contributed by atoms with E-state index in [9.17, 15) is 14.4 Å². The highest BCUT2D eigenvalue weighted by atomic mass is 16.2. The van der Waals surface area contributed by atoms with E-state index in [2.05, 4.69) is 10.9 Å². The molecule has 0 spiro atoms. The first-order valence-electron chi connectivity index (χ1n) is 8.17. The summed E-state index contributed by atoms with van der Waals surface area (Å²) in [5, 5.41) is 0. The molecule has 1 aliphatic heterocycles. The Labute approximate surface area is 145 Å². The number of aryl methyl sites for hydroxylation is 1. The number of para-hydroxylation sites is 1. The van der Waals surface area contributed by atoms with Gasteiger partial charge in [-0.05, 0) is 30.2 Å². The fourth-order valence-corrected chi connectivity index (χ4v) is 2.84. The van der Waals surface area contributed by atoms with Gasteiger partial charge in [-0.3, -0.25) is 19.8 Å². The van der Waals surface area contributed by atoms with Crippen molar-refractivity contribution in [3.05, 3.63) is 65.7 Å². The second-order valence-electron chi connectivity index (χ2n) is 5.77. The summed E-state index contributed by atoms with van der Waals surface area (Å²) < 4.78 is 0. The van der Waals surface area contributed by atoms with Crippen LogP contribution >= 0.6 is 0 Å². The van der Waals surface area contributed by atoms with Crippen LogP contribution in [0.25, 0.3) is 0 Å². The molecule has 0 saturated carbocycles. The molecule has 25 heavy (non-hydrogen) atoms. The van der Waals surface area contributed by atoms with Crippen LogP contribution in [0, 0.1) is 0 Å². The Hall–Kier alpha value is -2.99. The minimum Gasteiger partial charge on any atom is -0.287 e. The molecule has 0 unspecified atom stereocenters. The van der Waals surface area contributed by atoms with E-state index in [1.807, 2.05) is 25.1 Å². The van der Waals surface area contributed by atoms with Crippen molar-refractivity contribution >= 4 is 23.4 Å². The van der Waals surface area contributed by atoms with Gasteiger partial charge in [-0.2, -0.15) is 0 Å². The molecule has 0 aliphatic carbocycles. The molecule has 6 nitrogen and oxygen atoms in total. The van der Waals surface area contributed by atoms with Crippen LogP contribution < -0.4 is 15.8 Å². The highest BCUT2D eigenvalue weighted by Crippen LogP contribution is 2.26. The van der Waals surface area contributed by atoms with Crippen LogP contribution in [0.5, 0.6) is 0 Å². The zero-order chi connectivity index (χ0) is 17.8. The molecule has 1 saturated heterocycles. The Morgan fingerprint density at radius 1 is 1.08 bits per heavy atom. The predicted octanol–water partition coefficient (Wildman–Crippen LogP) is 1.82. The molecule has 1 fully saturated rings. The van der Waals surface area contributed by atoms with E-state index in [4.69, 9.17) is 0 Å². The second kappa shape index (κ2) is 7.27. The molecule has 1 atom stereocenters. The summed E-state index contributed by atoms with van der Waals surface area (Å²) in [7, 11) is 0. The number of hydrogen-bond acceptors (Lipinski definition) is 4. The van der Waals surface area contributed by atoms with Crippen LogP contribution in [0.15, 0.2) is 54.6 Å². The molecule has 128 valence electrons. The topological polar surface area (TPSA) is 78.5 Å². The summed E-state index contributed by atoms with van der Waals surface area (Å²) in [5.41, 5.74) is 7.20. The molecule has 0 bridgehead atoms. The van der Waals surface area contributed by atoms with Crippen molar-refractivity contribution in [2.45, 2.75) is 25.8 Å². The van der Waals surface area contributed by atoms with E-state index in [0.717, 1.165) is 12.0 Å². The summed E-state index contributed by atoms with van der Waals surface area (Å²) in [6.45, 7) is 1.97. The lowest BCUT2D eigenvalue weighted by Crippen LogP contribution is -2.48. The monoisotopic (exact) mass is 337 g/mol. The first kappa shape index (κ1) is 16.9. The average molecular weight is 337 g/mol. The number of nitrogens with zero attached hydrogens (tertiary/aromatic N) is 1. The zero-order valence-corrected chi connectivity index (χ0v) is 13.9. The quantitative estimate of drug-likeness (QED) is 0.644. The molecule has 2 N–H and O–H groups in total. The van der Waals surface area contributed by atoms with Gasteiger partial charge in [0.25, 0.3) is 11.8 Å². The molecular weight excluding hydrogens is 318 g/mol. The van der Waals surface area contributed by atoms with Crippen LogP contribution in [0.1, 0.15) is 29.3 Å². The summed E-state index contributed by atoms with van der Waals surface area (Å²) in [6.07, 6.45) is 0.724. The average Bonchev–Trinajstić information content (AvgIpc) is 2.93. The van der Waals surface area contributed by atoms with Crippen molar-refractivity contribution in [3.63, 3.8) is 0 Å². The number of benzene rings is 2. The van der Waals surface area contributed by atoms with Crippen molar-refractivity contribution in [2.75, 3.05) is 4.90 Å². The number of rotatable bonds is 5. The zero-order valence-electron chi connectivity index (χ0n) is 13.9. The molecule has 2 aromatic rings. The fourth-order valence-electron chi connectivity index (χ4n) is 2.84. The Kier molecular flexibility index (Phi) is 4.90. The van der Waals surface area contributed by atoms with Gasteiger partial charge in [0.15, 0.2) is 0 Å². The van der Waals surface area contributed by atoms with Gasteiger partial charge in [0.1, 0.15) is 6.04 Å². The molecule has 1 heterocycles. The molecule has 3 amide bonds. The van der Waals surface area contributed by atoms with Gasteiger partial charge in [-0.15, -0.1) is 0 Å². The molecule has 6 heteroatoms. The second-order valence-corrected chi connectivity index (χ2v) is 5.77. The maximum atomic E-state index is 12.6. The lowest BCUT2D eigenvalue weighted by molar-refractivity contribution is -0.121. The van der Waals surface area contributed by atoms with E-state index in [-0.39, 0.29) is 24.1 Å². The summed E-state index contributed by atoms with van der Waals surface area (Å²) in [6, 6.07) is 15.2. The minimum absolute atomic E-state index is 0.00590. The first-order chi connectivity index (χ1) is 12.1. The molecule has 2 aromatic carbocycles. The maximum Gasteiger partial charge on any atom is 0.265 e. The predicted molar refractivity (Wildman–Crippen MR) is 93.8 cm³/mol. The van der Waals surface area contributed by atoms with Crippen LogP contribution in [-0.2, 0) is 16.0 Å². The van der Waals surface area contributed by atoms with Crippen LogP contribution in [0.2, 0.25) is 0 Å². The third-order valence-corrected chi connectivity index (χ3v) is 4.16. The number of hydrazine groups is 1. The van der Waals surface area contributed by atoms with Gasteiger partial charge in [0.2, 0.25) is 5.91 Å². The standard InChI is InChI=1S/C19H19N3O3/c1-2-13-8-6-7-11-16(13)22-17(23)12-15(19(22)25)20-21-18(24)14-9-4-3-5-10-14/h3-11,15,20H,2,12H2,1H3,(H,21,24)/t15-/m0/s1. The van der Waals surface area contributed by atoms with Crippen molar-refractivity contribution in [2.24, 2.45) is 0 Å². The van der Waals surface area contributed by atoms with Crippen molar-refractivity contribution < 1.29 is 14.4 Å². The number of amides is 3. The van der Waals surface area contributed by atoms with E-state index in [1.54, 1.807) is 36.4 Å². The van der Waals surface area contributed by atoms with E-state index in [0.29, 0.717) is 11.3 Å². The molecule has 0 aromatic heterocycles. The molecule has 1 aliphatic rings. The highest BCUT2D eigenvalue weighted by molar-refractivity contribution is 6.22. The van der Waals surface area contributed by atoms with Gasteiger partial charge in [0, 0.05) is 5.56 Å². The number of nitrogens with one attached hydrogen (secondary N) is 2. The Morgan fingerprint density at radius 3 is 2.48 bits per heavy atom. The van der Waals surface area contributed by atoms with Crippen molar-refractivity contribution in [1.82, 2.24) is 10.9 Å².